The van der Waals surface area contributed by atoms with Gasteiger partial charge in [-0.2, -0.15) is 10.1 Å². The number of aromatic nitrogens is 5. The first-order valence-corrected chi connectivity index (χ1v) is 11.3. The third-order valence-electron chi connectivity index (χ3n) is 5.80. The summed E-state index contributed by atoms with van der Waals surface area (Å²) < 4.78 is 8.63. The molecule has 0 saturated carbocycles. The summed E-state index contributed by atoms with van der Waals surface area (Å²) in [4.78, 5) is 28.6. The van der Waals surface area contributed by atoms with Crippen molar-refractivity contribution in [3.63, 3.8) is 0 Å². The fourth-order valence-electron chi connectivity index (χ4n) is 4.14. The molecule has 1 aromatic carbocycles. The number of rotatable bonds is 6. The van der Waals surface area contributed by atoms with Gasteiger partial charge in [0, 0.05) is 24.4 Å². The van der Waals surface area contributed by atoms with Crippen LogP contribution in [0.1, 0.15) is 36.2 Å². The van der Waals surface area contributed by atoms with E-state index in [1.807, 2.05) is 43.0 Å². The van der Waals surface area contributed by atoms with Crippen LogP contribution in [-0.2, 0) is 16.0 Å². The topological polar surface area (TPSA) is 85.5 Å². The van der Waals surface area contributed by atoms with E-state index in [0.29, 0.717) is 25.2 Å². The number of aryl methyl sites for hydroxylation is 2. The summed E-state index contributed by atoms with van der Waals surface area (Å²) in [5, 5.41) is 4.98. The predicted molar refractivity (Wildman–Crippen MR) is 120 cm³/mol. The molecule has 1 saturated heterocycles. The summed E-state index contributed by atoms with van der Waals surface area (Å²) in [5.74, 6) is 0.631. The summed E-state index contributed by atoms with van der Waals surface area (Å²) in [5.41, 5.74) is 3.81. The highest BCUT2D eigenvalue weighted by molar-refractivity contribution is 7.22. The number of hydrogen-bond donors (Lipinski definition) is 0. The maximum Gasteiger partial charge on any atom is 0.252 e. The molecule has 1 amide bonds. The van der Waals surface area contributed by atoms with Crippen LogP contribution in [0.15, 0.2) is 30.6 Å². The van der Waals surface area contributed by atoms with Crippen molar-refractivity contribution in [1.29, 1.82) is 0 Å². The summed E-state index contributed by atoms with van der Waals surface area (Å²) in [6, 6.07) is 7.99. The molecule has 0 radical (unpaired) electrons. The van der Waals surface area contributed by atoms with Crippen molar-refractivity contribution in [2.45, 2.75) is 45.6 Å². The maximum atomic E-state index is 13.4. The molecule has 4 heterocycles. The molecule has 160 valence electrons. The van der Waals surface area contributed by atoms with Gasteiger partial charge in [-0.1, -0.05) is 23.5 Å². The Morgan fingerprint density at radius 1 is 1.29 bits per heavy atom. The molecular formula is C22H24N6O2S. The molecule has 0 aliphatic carbocycles. The molecule has 3 aromatic heterocycles. The van der Waals surface area contributed by atoms with Gasteiger partial charge in [0.05, 0.1) is 22.9 Å². The number of hydrogen-bond acceptors (Lipinski definition) is 7. The van der Waals surface area contributed by atoms with Gasteiger partial charge < -0.3 is 4.74 Å². The van der Waals surface area contributed by atoms with Crippen LogP contribution in [0.25, 0.3) is 16.0 Å². The number of carbonyl (C=O) groups is 1. The zero-order valence-electron chi connectivity index (χ0n) is 17.6. The number of anilines is 1. The Labute approximate surface area is 183 Å². The van der Waals surface area contributed by atoms with E-state index in [-0.39, 0.29) is 12.0 Å². The SMILES string of the molecule is Cc1nc2ncnn2c(C)c1CCC(=O)N(C[C@@H]1CCCO1)c1nc2ccccc2s1. The third-order valence-corrected chi connectivity index (χ3v) is 6.86. The minimum atomic E-state index is 0.0482. The predicted octanol–water partition coefficient (Wildman–Crippen LogP) is 3.50. The number of fused-ring (bicyclic) bond motifs is 2. The zero-order chi connectivity index (χ0) is 21.4. The number of nitrogens with zero attached hydrogens (tertiary/aromatic N) is 6. The number of para-hydroxylation sites is 1. The van der Waals surface area contributed by atoms with Gasteiger partial charge in [-0.3, -0.25) is 9.69 Å². The van der Waals surface area contributed by atoms with E-state index in [9.17, 15) is 4.79 Å². The number of benzene rings is 1. The van der Waals surface area contributed by atoms with E-state index in [1.54, 1.807) is 15.9 Å². The molecule has 0 unspecified atom stereocenters. The number of ether oxygens (including phenoxy) is 1. The highest BCUT2D eigenvalue weighted by Gasteiger charge is 2.26. The average molecular weight is 437 g/mol. The number of carbonyl (C=O) groups excluding carboxylic acids is 1. The monoisotopic (exact) mass is 436 g/mol. The quantitative estimate of drug-likeness (QED) is 0.460. The van der Waals surface area contributed by atoms with Gasteiger partial charge in [-0.25, -0.2) is 14.5 Å². The van der Waals surface area contributed by atoms with Gasteiger partial charge in [0.15, 0.2) is 5.13 Å². The van der Waals surface area contributed by atoms with E-state index in [1.165, 1.54) is 6.33 Å². The Kier molecular flexibility index (Phi) is 5.37. The van der Waals surface area contributed by atoms with E-state index in [2.05, 4.69) is 15.1 Å². The molecule has 1 atom stereocenters. The summed E-state index contributed by atoms with van der Waals surface area (Å²) in [6.07, 6.45) is 4.53. The van der Waals surface area contributed by atoms with Gasteiger partial charge in [-0.15, -0.1) is 0 Å². The van der Waals surface area contributed by atoms with E-state index in [0.717, 1.165) is 51.7 Å². The van der Waals surface area contributed by atoms with Crippen LogP contribution in [0.4, 0.5) is 5.13 Å². The van der Waals surface area contributed by atoms with Gasteiger partial charge in [0.1, 0.15) is 6.33 Å². The molecule has 4 aromatic rings. The van der Waals surface area contributed by atoms with E-state index in [4.69, 9.17) is 9.72 Å². The summed E-state index contributed by atoms with van der Waals surface area (Å²) in [7, 11) is 0. The zero-order valence-corrected chi connectivity index (χ0v) is 18.4. The molecule has 31 heavy (non-hydrogen) atoms. The van der Waals surface area contributed by atoms with Crippen LogP contribution < -0.4 is 4.90 Å². The standard InChI is InChI=1S/C22H24N6O2S/c1-14-17(15(2)28-21(25-14)23-13-24-28)9-10-20(29)27(12-16-6-5-11-30-16)22-26-18-7-3-4-8-19(18)31-22/h3-4,7-8,13,16H,5-6,9-12H2,1-2H3/t16-/m0/s1. The van der Waals surface area contributed by atoms with Crippen molar-refractivity contribution >= 4 is 38.4 Å². The smallest absolute Gasteiger partial charge is 0.252 e. The van der Waals surface area contributed by atoms with E-state index < -0.39 is 0 Å². The normalized spacial score (nSPS) is 16.4. The lowest BCUT2D eigenvalue weighted by atomic mass is 10.1. The second kappa shape index (κ2) is 8.32. The third kappa shape index (κ3) is 3.90. The lowest BCUT2D eigenvalue weighted by Crippen LogP contribution is -2.37. The molecule has 5 rings (SSSR count). The Morgan fingerprint density at radius 2 is 2.16 bits per heavy atom. The van der Waals surface area contributed by atoms with Crippen LogP contribution in [0.5, 0.6) is 0 Å². The highest BCUT2D eigenvalue weighted by Crippen LogP contribution is 2.30. The van der Waals surface area contributed by atoms with Crippen molar-refractivity contribution in [2.24, 2.45) is 0 Å². The summed E-state index contributed by atoms with van der Waals surface area (Å²) >= 11 is 1.55. The lowest BCUT2D eigenvalue weighted by Gasteiger charge is -2.23. The molecule has 0 N–H and O–H groups in total. The molecule has 8 nitrogen and oxygen atoms in total. The van der Waals surface area contributed by atoms with Gasteiger partial charge in [0.2, 0.25) is 5.91 Å². The Bertz CT molecular complexity index is 1210. The molecule has 9 heteroatoms. The van der Waals surface area contributed by atoms with Gasteiger partial charge >= 0.3 is 0 Å². The van der Waals surface area contributed by atoms with Crippen molar-refractivity contribution < 1.29 is 9.53 Å². The fraction of sp³-hybridized carbons (Fsp3) is 0.409. The maximum absolute atomic E-state index is 13.4. The second-order valence-electron chi connectivity index (χ2n) is 7.84. The first kappa shape index (κ1) is 20.0. The van der Waals surface area contributed by atoms with Crippen molar-refractivity contribution in [1.82, 2.24) is 24.6 Å². The van der Waals surface area contributed by atoms with Crippen LogP contribution in [0.2, 0.25) is 0 Å². The number of thiazole rings is 1. The molecule has 1 aliphatic heterocycles. The molecule has 0 bridgehead atoms. The Hall–Kier alpha value is -2.91. The Balaban J connectivity index is 1.40. The fourth-order valence-corrected chi connectivity index (χ4v) is 5.13. The van der Waals surface area contributed by atoms with Crippen LogP contribution in [0.3, 0.4) is 0 Å². The minimum Gasteiger partial charge on any atom is -0.376 e. The van der Waals surface area contributed by atoms with Crippen LogP contribution in [0, 0.1) is 13.8 Å². The molecular weight excluding hydrogens is 412 g/mol. The van der Waals surface area contributed by atoms with Crippen LogP contribution in [-0.4, -0.2) is 49.7 Å². The van der Waals surface area contributed by atoms with Gasteiger partial charge in [-0.05, 0) is 50.8 Å². The largest absolute Gasteiger partial charge is 0.376 e. The van der Waals surface area contributed by atoms with Crippen molar-refractivity contribution in [2.75, 3.05) is 18.1 Å². The lowest BCUT2D eigenvalue weighted by molar-refractivity contribution is -0.119. The summed E-state index contributed by atoms with van der Waals surface area (Å²) in [6.45, 7) is 5.25. The second-order valence-corrected chi connectivity index (χ2v) is 8.85. The first-order chi connectivity index (χ1) is 15.1. The number of amides is 1. The van der Waals surface area contributed by atoms with E-state index >= 15 is 0 Å². The Morgan fingerprint density at radius 3 is 2.97 bits per heavy atom. The highest BCUT2D eigenvalue weighted by atomic mass is 32.1. The van der Waals surface area contributed by atoms with Crippen LogP contribution >= 0.6 is 11.3 Å². The van der Waals surface area contributed by atoms with Crippen molar-refractivity contribution in [3.05, 3.63) is 47.5 Å². The molecule has 1 fully saturated rings. The molecule has 0 spiro atoms. The van der Waals surface area contributed by atoms with Crippen molar-refractivity contribution in [3.8, 4) is 0 Å². The molecule has 1 aliphatic rings. The average Bonchev–Trinajstić information content (AvgIpc) is 3.51. The first-order valence-electron chi connectivity index (χ1n) is 10.5. The minimum absolute atomic E-state index is 0.0482. The van der Waals surface area contributed by atoms with Gasteiger partial charge in [0.25, 0.3) is 5.78 Å².